The smallest absolute Gasteiger partial charge is 0.477 e. The van der Waals surface area contributed by atoms with Gasteiger partial charge in [-0.05, 0) is 24.6 Å². The van der Waals surface area contributed by atoms with Gasteiger partial charge in [-0.2, -0.15) is 8.78 Å². The molecule has 0 saturated carbocycles. The van der Waals surface area contributed by atoms with Crippen LogP contribution < -0.4 is 4.74 Å². The summed E-state index contributed by atoms with van der Waals surface area (Å²) in [5.74, 6) is -7.76. The Morgan fingerprint density at radius 3 is 1.90 bits per heavy atom. The zero-order chi connectivity index (χ0) is 15.8. The molecule has 0 aliphatic carbocycles. The van der Waals surface area contributed by atoms with Crippen LogP contribution in [0.4, 0.5) is 22.0 Å². The van der Waals surface area contributed by atoms with Crippen molar-refractivity contribution in [1.29, 1.82) is 0 Å². The second kappa shape index (κ2) is 4.89. The van der Waals surface area contributed by atoms with Crippen LogP contribution in [0.25, 0.3) is 0 Å². The molecule has 0 saturated heterocycles. The van der Waals surface area contributed by atoms with Gasteiger partial charge in [0.1, 0.15) is 5.75 Å². The van der Waals surface area contributed by atoms with Crippen LogP contribution in [0.3, 0.4) is 0 Å². The number of hydrogen-bond acceptors (Lipinski definition) is 3. The third kappa shape index (κ3) is 3.16. The fourth-order valence-electron chi connectivity index (χ4n) is 1.37. The number of halogens is 5. The first-order valence-corrected chi connectivity index (χ1v) is 5.08. The van der Waals surface area contributed by atoms with Crippen LogP contribution in [-0.2, 0) is 10.4 Å². The van der Waals surface area contributed by atoms with E-state index in [0.717, 1.165) is 12.1 Å². The van der Waals surface area contributed by atoms with E-state index in [0.29, 0.717) is 19.1 Å². The number of carboxylic acids is 1. The number of carbonyl (C=O) groups is 1. The van der Waals surface area contributed by atoms with Crippen molar-refractivity contribution in [3.63, 3.8) is 0 Å². The van der Waals surface area contributed by atoms with Gasteiger partial charge in [-0.25, -0.2) is 4.79 Å². The maximum Gasteiger partial charge on any atom is 0.573 e. The minimum atomic E-state index is -4.95. The van der Waals surface area contributed by atoms with Gasteiger partial charge in [0.25, 0.3) is 0 Å². The van der Waals surface area contributed by atoms with Crippen LogP contribution in [0.15, 0.2) is 24.3 Å². The van der Waals surface area contributed by atoms with Crippen molar-refractivity contribution < 1.29 is 41.7 Å². The highest BCUT2D eigenvalue weighted by molar-refractivity contribution is 5.77. The Balaban J connectivity index is 3.07. The lowest BCUT2D eigenvalue weighted by molar-refractivity contribution is -0.274. The molecular formula is C11H9F5O4. The Bertz CT molecular complexity index is 493. The van der Waals surface area contributed by atoms with Crippen LogP contribution in [-0.4, -0.2) is 28.5 Å². The van der Waals surface area contributed by atoms with Gasteiger partial charge in [-0.3, -0.25) is 0 Å². The Labute approximate surface area is 109 Å². The molecule has 0 fully saturated rings. The molecule has 1 aromatic carbocycles. The first-order valence-electron chi connectivity index (χ1n) is 5.08. The summed E-state index contributed by atoms with van der Waals surface area (Å²) in [4.78, 5) is 10.4. The highest BCUT2D eigenvalue weighted by atomic mass is 19.4. The number of hydrogen-bond donors (Lipinski definition) is 2. The number of ether oxygens (including phenoxy) is 1. The van der Waals surface area contributed by atoms with E-state index in [-0.39, 0.29) is 0 Å². The van der Waals surface area contributed by atoms with Crippen LogP contribution in [0.2, 0.25) is 0 Å². The zero-order valence-electron chi connectivity index (χ0n) is 9.91. The quantitative estimate of drug-likeness (QED) is 0.839. The standard InChI is InChI=1S/C11H9F5O4/c1-9(19,10(12,13)8(17)18)6-2-4-7(5-3-6)20-11(14,15)16/h2-5,19H,1H3,(H,17,18). The van der Waals surface area contributed by atoms with Crippen molar-refractivity contribution in [3.8, 4) is 5.75 Å². The molecule has 0 bridgehead atoms. The van der Waals surface area contributed by atoms with E-state index in [2.05, 4.69) is 4.74 Å². The number of benzene rings is 1. The van der Waals surface area contributed by atoms with E-state index in [1.54, 1.807) is 0 Å². The molecule has 9 heteroatoms. The number of carboxylic acid groups (broad SMARTS) is 1. The molecule has 0 aliphatic heterocycles. The molecule has 4 nitrogen and oxygen atoms in total. The maximum atomic E-state index is 13.3. The second-order valence-electron chi connectivity index (χ2n) is 4.02. The van der Waals surface area contributed by atoms with E-state index in [1.807, 2.05) is 0 Å². The van der Waals surface area contributed by atoms with Gasteiger partial charge in [0.2, 0.25) is 0 Å². The summed E-state index contributed by atoms with van der Waals surface area (Å²) < 4.78 is 65.9. The fraction of sp³-hybridized carbons (Fsp3) is 0.364. The highest BCUT2D eigenvalue weighted by Gasteiger charge is 2.56. The maximum absolute atomic E-state index is 13.3. The van der Waals surface area contributed by atoms with Crippen LogP contribution in [0.1, 0.15) is 12.5 Å². The lowest BCUT2D eigenvalue weighted by atomic mass is 9.89. The monoisotopic (exact) mass is 300 g/mol. The van der Waals surface area contributed by atoms with Gasteiger partial charge in [0, 0.05) is 0 Å². The summed E-state index contributed by atoms with van der Waals surface area (Å²) in [6.07, 6.45) is -4.95. The number of aliphatic hydroxyl groups is 1. The topological polar surface area (TPSA) is 66.8 Å². The van der Waals surface area contributed by atoms with Crippen molar-refractivity contribution in [3.05, 3.63) is 29.8 Å². The molecule has 2 N–H and O–H groups in total. The molecule has 0 aromatic heterocycles. The Morgan fingerprint density at radius 2 is 1.55 bits per heavy atom. The fourth-order valence-corrected chi connectivity index (χ4v) is 1.37. The summed E-state index contributed by atoms with van der Waals surface area (Å²) in [5.41, 5.74) is -3.66. The number of rotatable bonds is 4. The predicted octanol–water partition coefficient (Wildman–Crippen LogP) is 2.51. The highest BCUT2D eigenvalue weighted by Crippen LogP contribution is 2.38. The third-order valence-corrected chi connectivity index (χ3v) is 2.53. The minimum absolute atomic E-state index is 0.542. The van der Waals surface area contributed by atoms with Crippen molar-refractivity contribution >= 4 is 5.97 Å². The molecule has 0 spiro atoms. The average Bonchev–Trinajstić information content (AvgIpc) is 2.27. The van der Waals surface area contributed by atoms with Crippen LogP contribution >= 0.6 is 0 Å². The van der Waals surface area contributed by atoms with Crippen molar-refractivity contribution in [2.45, 2.75) is 24.8 Å². The van der Waals surface area contributed by atoms with Gasteiger partial charge in [0.05, 0.1) is 0 Å². The van der Waals surface area contributed by atoms with Gasteiger partial charge in [-0.15, -0.1) is 13.2 Å². The molecule has 0 aliphatic rings. The number of aliphatic carboxylic acids is 1. The summed E-state index contributed by atoms with van der Waals surface area (Å²) >= 11 is 0. The lowest BCUT2D eigenvalue weighted by Crippen LogP contribution is -2.48. The molecule has 0 heterocycles. The molecule has 1 unspecified atom stereocenters. The van der Waals surface area contributed by atoms with Crippen molar-refractivity contribution in [2.24, 2.45) is 0 Å². The van der Waals surface area contributed by atoms with Gasteiger partial charge >= 0.3 is 18.3 Å². The van der Waals surface area contributed by atoms with E-state index in [9.17, 15) is 31.9 Å². The van der Waals surface area contributed by atoms with Crippen LogP contribution in [0, 0.1) is 0 Å². The molecule has 1 aromatic rings. The minimum Gasteiger partial charge on any atom is -0.477 e. The SMILES string of the molecule is CC(O)(c1ccc(OC(F)(F)F)cc1)C(F)(F)C(=O)O. The predicted molar refractivity (Wildman–Crippen MR) is 55.3 cm³/mol. The molecule has 20 heavy (non-hydrogen) atoms. The zero-order valence-corrected chi connectivity index (χ0v) is 9.91. The van der Waals surface area contributed by atoms with Gasteiger partial charge < -0.3 is 14.9 Å². The normalized spacial score (nSPS) is 15.6. The van der Waals surface area contributed by atoms with E-state index in [1.165, 1.54) is 0 Å². The van der Waals surface area contributed by atoms with E-state index in [4.69, 9.17) is 5.11 Å². The molecule has 0 amide bonds. The Hall–Kier alpha value is -1.90. The van der Waals surface area contributed by atoms with Crippen molar-refractivity contribution in [1.82, 2.24) is 0 Å². The van der Waals surface area contributed by atoms with E-state index < -0.39 is 35.2 Å². The lowest BCUT2D eigenvalue weighted by Gasteiger charge is -2.29. The first-order chi connectivity index (χ1) is 8.88. The van der Waals surface area contributed by atoms with Gasteiger partial charge in [0.15, 0.2) is 5.60 Å². The molecular weight excluding hydrogens is 291 g/mol. The molecule has 1 rings (SSSR count). The summed E-state index contributed by atoms with van der Waals surface area (Å²) in [6, 6.07) is 2.82. The second-order valence-corrected chi connectivity index (χ2v) is 4.02. The molecule has 0 radical (unpaired) electrons. The average molecular weight is 300 g/mol. The summed E-state index contributed by atoms with van der Waals surface area (Å²) in [7, 11) is 0. The molecule has 1 atom stereocenters. The Morgan fingerprint density at radius 1 is 1.10 bits per heavy atom. The first kappa shape index (κ1) is 16.2. The van der Waals surface area contributed by atoms with Gasteiger partial charge in [-0.1, -0.05) is 12.1 Å². The number of alkyl halides is 5. The van der Waals surface area contributed by atoms with Crippen LogP contribution in [0.5, 0.6) is 5.75 Å². The molecule has 112 valence electrons. The summed E-state index contributed by atoms with van der Waals surface area (Å²) in [6.45, 7) is 0.542. The van der Waals surface area contributed by atoms with Crippen molar-refractivity contribution in [2.75, 3.05) is 0 Å². The summed E-state index contributed by atoms with van der Waals surface area (Å²) in [5, 5.41) is 18.0. The van der Waals surface area contributed by atoms with E-state index >= 15 is 0 Å². The largest absolute Gasteiger partial charge is 0.573 e. The third-order valence-electron chi connectivity index (χ3n) is 2.53. The Kier molecular flexibility index (Phi) is 3.95.